The lowest BCUT2D eigenvalue weighted by molar-refractivity contribution is 0.0277. The highest BCUT2D eigenvalue weighted by Gasteiger charge is 2.32. The van der Waals surface area contributed by atoms with Crippen molar-refractivity contribution in [3.05, 3.63) is 28.2 Å². The van der Waals surface area contributed by atoms with Gasteiger partial charge in [-0.05, 0) is 44.1 Å². The Bertz CT molecular complexity index is 425. The van der Waals surface area contributed by atoms with Crippen molar-refractivity contribution in [1.82, 2.24) is 4.90 Å². The molecule has 1 saturated heterocycles. The fraction of sp³-hybridized carbons (Fsp3) is 0.600. The van der Waals surface area contributed by atoms with Gasteiger partial charge in [0.15, 0.2) is 0 Å². The van der Waals surface area contributed by atoms with Gasteiger partial charge in [-0.2, -0.15) is 0 Å². The molecule has 21 heavy (non-hydrogen) atoms. The summed E-state index contributed by atoms with van der Waals surface area (Å²) in [6.07, 6.45) is 2.34. The van der Waals surface area contributed by atoms with E-state index in [0.29, 0.717) is 28.4 Å². The zero-order valence-electron chi connectivity index (χ0n) is 12.4. The molecule has 0 N–H and O–H groups in total. The number of benzene rings is 1. The normalized spacial score (nSPS) is 20.1. The second-order valence-corrected chi connectivity index (χ2v) is 5.93. The van der Waals surface area contributed by atoms with Crippen molar-refractivity contribution in [2.75, 3.05) is 26.8 Å². The van der Waals surface area contributed by atoms with Crippen molar-refractivity contribution in [3.63, 3.8) is 0 Å². The molecule has 1 aromatic rings. The van der Waals surface area contributed by atoms with Gasteiger partial charge in [0.25, 0.3) is 0 Å². The first-order valence-electron chi connectivity index (χ1n) is 6.99. The maximum absolute atomic E-state index is 6.10. The summed E-state index contributed by atoms with van der Waals surface area (Å²) in [4.78, 5) is 2.44. The van der Waals surface area contributed by atoms with Crippen LogP contribution in [0, 0.1) is 0 Å². The SMILES string of the molecule is CCN1CCCC1C(COC)Oc1cc(Cl)cc(Cl)c1.Cl. The highest BCUT2D eigenvalue weighted by Crippen LogP contribution is 2.28. The molecular formula is C15H22Cl3NO2. The maximum atomic E-state index is 6.10. The zero-order chi connectivity index (χ0) is 14.5. The monoisotopic (exact) mass is 353 g/mol. The minimum Gasteiger partial charge on any atom is -0.486 e. The number of ether oxygens (including phenoxy) is 2. The molecule has 1 aliphatic heterocycles. The highest BCUT2D eigenvalue weighted by atomic mass is 35.5. The third kappa shape index (κ3) is 5.19. The first-order valence-corrected chi connectivity index (χ1v) is 7.75. The number of methoxy groups -OCH3 is 1. The van der Waals surface area contributed by atoms with E-state index < -0.39 is 0 Å². The Hall–Kier alpha value is -0.190. The molecular weight excluding hydrogens is 333 g/mol. The Balaban J connectivity index is 0.00000220. The van der Waals surface area contributed by atoms with Crippen molar-refractivity contribution in [3.8, 4) is 5.75 Å². The van der Waals surface area contributed by atoms with Gasteiger partial charge in [-0.1, -0.05) is 30.1 Å². The average molecular weight is 355 g/mol. The molecule has 120 valence electrons. The van der Waals surface area contributed by atoms with Crippen LogP contribution in [0.1, 0.15) is 19.8 Å². The summed E-state index contributed by atoms with van der Waals surface area (Å²) in [7, 11) is 1.70. The van der Waals surface area contributed by atoms with Crippen LogP contribution in [0.25, 0.3) is 0 Å². The van der Waals surface area contributed by atoms with E-state index in [9.17, 15) is 0 Å². The summed E-state index contributed by atoms with van der Waals surface area (Å²) in [6, 6.07) is 5.68. The molecule has 0 saturated carbocycles. The van der Waals surface area contributed by atoms with Crippen LogP contribution >= 0.6 is 35.6 Å². The predicted molar refractivity (Wildman–Crippen MR) is 90.3 cm³/mol. The summed E-state index contributed by atoms with van der Waals surface area (Å²) in [5, 5.41) is 1.17. The number of hydrogen-bond donors (Lipinski definition) is 0. The lowest BCUT2D eigenvalue weighted by Crippen LogP contribution is -2.44. The van der Waals surface area contributed by atoms with E-state index in [1.807, 2.05) is 0 Å². The number of nitrogens with zero attached hydrogens (tertiary/aromatic N) is 1. The van der Waals surface area contributed by atoms with Gasteiger partial charge in [0.2, 0.25) is 0 Å². The van der Waals surface area contributed by atoms with Crippen LogP contribution in [-0.2, 0) is 4.74 Å². The third-order valence-corrected chi connectivity index (χ3v) is 4.14. The quantitative estimate of drug-likeness (QED) is 0.760. The second kappa shape index (κ2) is 9.06. The Morgan fingerprint density at radius 1 is 1.29 bits per heavy atom. The van der Waals surface area contributed by atoms with Crippen LogP contribution in [0.5, 0.6) is 5.75 Å². The molecule has 2 rings (SSSR count). The Morgan fingerprint density at radius 2 is 1.95 bits per heavy atom. The molecule has 1 aliphatic rings. The molecule has 1 aromatic carbocycles. The molecule has 1 heterocycles. The summed E-state index contributed by atoms with van der Waals surface area (Å²) in [5.41, 5.74) is 0. The molecule has 1 fully saturated rings. The van der Waals surface area contributed by atoms with Gasteiger partial charge < -0.3 is 9.47 Å². The van der Waals surface area contributed by atoms with Gasteiger partial charge in [-0.25, -0.2) is 0 Å². The van der Waals surface area contributed by atoms with E-state index in [2.05, 4.69) is 11.8 Å². The second-order valence-electron chi connectivity index (χ2n) is 5.05. The van der Waals surface area contributed by atoms with E-state index >= 15 is 0 Å². The van der Waals surface area contributed by atoms with Gasteiger partial charge in [0, 0.05) is 23.2 Å². The van der Waals surface area contributed by atoms with Crippen molar-refractivity contribution in [2.45, 2.75) is 31.9 Å². The Kier molecular flexibility index (Phi) is 8.14. The molecule has 0 aromatic heterocycles. The lowest BCUT2D eigenvalue weighted by atomic mass is 10.1. The summed E-state index contributed by atoms with van der Waals surface area (Å²) >= 11 is 12.0. The van der Waals surface area contributed by atoms with Crippen LogP contribution < -0.4 is 4.74 Å². The predicted octanol–water partition coefficient (Wildman–Crippen LogP) is 4.29. The molecule has 2 atom stereocenters. The Labute approximate surface area is 142 Å². The number of hydrogen-bond acceptors (Lipinski definition) is 3. The van der Waals surface area contributed by atoms with E-state index in [4.69, 9.17) is 32.7 Å². The molecule has 2 unspecified atom stereocenters. The van der Waals surface area contributed by atoms with E-state index in [0.717, 1.165) is 19.5 Å². The van der Waals surface area contributed by atoms with Gasteiger partial charge >= 0.3 is 0 Å². The molecule has 0 radical (unpaired) electrons. The van der Waals surface area contributed by atoms with Crippen LogP contribution in [0.2, 0.25) is 10.0 Å². The van der Waals surface area contributed by atoms with Crippen LogP contribution in [0.15, 0.2) is 18.2 Å². The van der Waals surface area contributed by atoms with E-state index in [1.54, 1.807) is 25.3 Å². The topological polar surface area (TPSA) is 21.7 Å². The number of halogens is 3. The summed E-state index contributed by atoms with van der Waals surface area (Å²) < 4.78 is 11.4. The minimum absolute atomic E-state index is 0. The Morgan fingerprint density at radius 3 is 2.52 bits per heavy atom. The molecule has 6 heteroatoms. The van der Waals surface area contributed by atoms with Gasteiger partial charge in [0.05, 0.1) is 6.61 Å². The van der Waals surface area contributed by atoms with Crippen LogP contribution in [0.3, 0.4) is 0 Å². The first kappa shape index (κ1) is 18.9. The highest BCUT2D eigenvalue weighted by molar-refractivity contribution is 6.34. The maximum Gasteiger partial charge on any atom is 0.137 e. The van der Waals surface area contributed by atoms with Crippen LogP contribution in [0.4, 0.5) is 0 Å². The standard InChI is InChI=1S/C15H21Cl2NO2.ClH/c1-3-18-6-4-5-14(18)15(10-19-2)20-13-8-11(16)7-12(17)9-13;/h7-9,14-15H,3-6,10H2,1-2H3;1H. The summed E-state index contributed by atoms with van der Waals surface area (Å²) in [5.74, 6) is 0.701. The number of likely N-dealkylation sites (N-methyl/N-ethyl adjacent to an activating group) is 1. The molecule has 0 bridgehead atoms. The molecule has 3 nitrogen and oxygen atoms in total. The average Bonchev–Trinajstić information content (AvgIpc) is 2.85. The fourth-order valence-electron chi connectivity index (χ4n) is 2.82. The van der Waals surface area contributed by atoms with Crippen molar-refractivity contribution in [1.29, 1.82) is 0 Å². The molecule has 0 spiro atoms. The van der Waals surface area contributed by atoms with E-state index in [1.165, 1.54) is 6.42 Å². The molecule has 0 aliphatic carbocycles. The largest absolute Gasteiger partial charge is 0.486 e. The minimum atomic E-state index is -0.00279. The van der Waals surface area contributed by atoms with Crippen LogP contribution in [-0.4, -0.2) is 43.9 Å². The van der Waals surface area contributed by atoms with E-state index in [-0.39, 0.29) is 18.5 Å². The third-order valence-electron chi connectivity index (χ3n) is 3.70. The fourth-order valence-corrected chi connectivity index (χ4v) is 3.33. The van der Waals surface area contributed by atoms with Gasteiger partial charge in [-0.15, -0.1) is 12.4 Å². The molecule has 0 amide bonds. The van der Waals surface area contributed by atoms with Crippen molar-refractivity contribution in [2.24, 2.45) is 0 Å². The zero-order valence-corrected chi connectivity index (χ0v) is 14.7. The first-order chi connectivity index (χ1) is 9.63. The van der Waals surface area contributed by atoms with Gasteiger partial charge in [-0.3, -0.25) is 4.90 Å². The van der Waals surface area contributed by atoms with Crippen molar-refractivity contribution >= 4 is 35.6 Å². The number of rotatable bonds is 6. The number of likely N-dealkylation sites (tertiary alicyclic amines) is 1. The van der Waals surface area contributed by atoms with Gasteiger partial charge in [0.1, 0.15) is 11.9 Å². The smallest absolute Gasteiger partial charge is 0.137 e. The lowest BCUT2D eigenvalue weighted by Gasteiger charge is -2.31. The summed E-state index contributed by atoms with van der Waals surface area (Å²) in [6.45, 7) is 4.90. The van der Waals surface area contributed by atoms with Crippen molar-refractivity contribution < 1.29 is 9.47 Å².